The number of hydrogen-bond donors (Lipinski definition) is 1. The van der Waals surface area contributed by atoms with Crippen LogP contribution in [0.5, 0.6) is 5.88 Å². The summed E-state index contributed by atoms with van der Waals surface area (Å²) in [6.07, 6.45) is 7.53. The molecule has 1 fully saturated rings. The Hall–Kier alpha value is -2.95. The number of rotatable bonds is 7. The number of carboxylic acids is 1. The number of ether oxygens (including phenoxy) is 1. The molecule has 1 heterocycles. The van der Waals surface area contributed by atoms with Crippen molar-refractivity contribution < 1.29 is 14.6 Å². The Morgan fingerprint density at radius 2 is 2.24 bits per heavy atom. The summed E-state index contributed by atoms with van der Waals surface area (Å²) in [5, 5.41) is 8.96. The first-order valence-electron chi connectivity index (χ1n) is 8.14. The summed E-state index contributed by atoms with van der Waals surface area (Å²) >= 11 is 0. The number of nitrogens with zero attached hydrogens (tertiary/aromatic N) is 2. The van der Waals surface area contributed by atoms with Crippen molar-refractivity contribution in [2.45, 2.75) is 25.9 Å². The molecule has 0 aliphatic heterocycles. The summed E-state index contributed by atoms with van der Waals surface area (Å²) in [5.74, 6) is -0.682. The van der Waals surface area contributed by atoms with E-state index in [1.54, 1.807) is 18.5 Å². The second-order valence-corrected chi connectivity index (χ2v) is 6.14. The molecule has 0 saturated heterocycles. The second kappa shape index (κ2) is 7.30. The highest BCUT2D eigenvalue weighted by atomic mass is 16.5. The molecule has 2 atom stereocenters. The van der Waals surface area contributed by atoms with Crippen LogP contribution in [0.4, 0.5) is 0 Å². The first kappa shape index (κ1) is 16.9. The van der Waals surface area contributed by atoms with Crippen LogP contribution < -0.4 is 4.74 Å². The van der Waals surface area contributed by atoms with Crippen molar-refractivity contribution in [1.29, 1.82) is 0 Å². The van der Waals surface area contributed by atoms with E-state index in [1.165, 1.54) is 0 Å². The third-order valence-electron chi connectivity index (χ3n) is 4.27. The molecule has 5 heteroatoms. The molecule has 0 bridgehead atoms. The first-order chi connectivity index (χ1) is 12.1. The summed E-state index contributed by atoms with van der Waals surface area (Å²) in [6, 6.07) is 8.09. The van der Waals surface area contributed by atoms with Crippen LogP contribution in [-0.2, 0) is 11.4 Å². The van der Waals surface area contributed by atoms with Gasteiger partial charge in [0.05, 0.1) is 24.0 Å². The smallest absolute Gasteiger partial charge is 0.307 e. The number of carboxylic acid groups (broad SMARTS) is 1. The van der Waals surface area contributed by atoms with Crippen molar-refractivity contribution in [3.05, 3.63) is 72.2 Å². The number of carbonyl (C=O) groups is 1. The summed E-state index contributed by atoms with van der Waals surface area (Å²) in [7, 11) is 0. The van der Waals surface area contributed by atoms with Crippen LogP contribution in [0.1, 0.15) is 36.1 Å². The van der Waals surface area contributed by atoms with Crippen LogP contribution in [0, 0.1) is 5.92 Å². The van der Waals surface area contributed by atoms with E-state index in [9.17, 15) is 4.79 Å². The lowest BCUT2D eigenvalue weighted by molar-refractivity contribution is -0.138. The molecule has 0 radical (unpaired) electrons. The van der Waals surface area contributed by atoms with Gasteiger partial charge in [-0.05, 0) is 36.1 Å². The van der Waals surface area contributed by atoms with Gasteiger partial charge in [-0.25, -0.2) is 4.98 Å². The lowest BCUT2D eigenvalue weighted by atomic mass is 10.0. The molecule has 1 saturated carbocycles. The topological polar surface area (TPSA) is 72.3 Å². The largest absolute Gasteiger partial charge is 0.481 e. The molecular formula is C20H20N2O3. The highest BCUT2D eigenvalue weighted by molar-refractivity contribution is 5.75. The van der Waals surface area contributed by atoms with Crippen LogP contribution in [-0.4, -0.2) is 21.0 Å². The van der Waals surface area contributed by atoms with Gasteiger partial charge < -0.3 is 9.84 Å². The highest BCUT2D eigenvalue weighted by Crippen LogP contribution is 2.46. The van der Waals surface area contributed by atoms with Gasteiger partial charge in [-0.2, -0.15) is 0 Å². The Morgan fingerprint density at radius 3 is 2.88 bits per heavy atom. The third-order valence-corrected chi connectivity index (χ3v) is 4.27. The first-order valence-corrected chi connectivity index (χ1v) is 8.14. The lowest BCUT2D eigenvalue weighted by Crippen LogP contribution is -2.02. The zero-order valence-corrected chi connectivity index (χ0v) is 14.1. The maximum atomic E-state index is 10.9. The van der Waals surface area contributed by atoms with E-state index in [2.05, 4.69) is 22.6 Å². The van der Waals surface area contributed by atoms with Crippen LogP contribution in [0.25, 0.3) is 5.57 Å². The fourth-order valence-electron chi connectivity index (χ4n) is 2.72. The van der Waals surface area contributed by atoms with Crippen LogP contribution in [0.15, 0.2) is 55.4 Å². The van der Waals surface area contributed by atoms with Gasteiger partial charge in [-0.15, -0.1) is 0 Å². The lowest BCUT2D eigenvalue weighted by Gasteiger charge is -2.08. The van der Waals surface area contributed by atoms with Crippen LogP contribution >= 0.6 is 0 Å². The average Bonchev–Trinajstić information content (AvgIpc) is 3.42. The minimum Gasteiger partial charge on any atom is -0.481 e. The molecule has 2 unspecified atom stereocenters. The van der Waals surface area contributed by atoms with E-state index >= 15 is 0 Å². The van der Waals surface area contributed by atoms with Gasteiger partial charge in [0.25, 0.3) is 0 Å². The number of benzene rings is 1. The maximum absolute atomic E-state index is 10.9. The molecule has 1 aromatic carbocycles. The molecule has 1 aromatic heterocycles. The number of allylic oxidation sites excluding steroid dienone is 3. The number of aromatic nitrogens is 2. The molecule has 0 amide bonds. The quantitative estimate of drug-likeness (QED) is 0.778. The Kier molecular flexibility index (Phi) is 4.93. The summed E-state index contributed by atoms with van der Waals surface area (Å²) < 4.78 is 5.69. The minimum atomic E-state index is -0.771. The SMILES string of the molecule is C=C/C=C(\C)c1cccc(COc2cnc(C3CC3C(=O)O)cn2)c1. The van der Waals surface area contributed by atoms with Gasteiger partial charge in [0, 0.05) is 5.92 Å². The normalized spacial score (nSPS) is 19.3. The maximum Gasteiger partial charge on any atom is 0.307 e. The minimum absolute atomic E-state index is 0.0182. The van der Waals surface area contributed by atoms with Gasteiger partial charge in [0.1, 0.15) is 6.61 Å². The van der Waals surface area contributed by atoms with Gasteiger partial charge in [0.2, 0.25) is 5.88 Å². The molecule has 1 aliphatic rings. The van der Waals surface area contributed by atoms with Crippen molar-refractivity contribution >= 4 is 11.5 Å². The van der Waals surface area contributed by atoms with E-state index < -0.39 is 5.97 Å². The van der Waals surface area contributed by atoms with E-state index in [1.807, 2.05) is 31.2 Å². The van der Waals surface area contributed by atoms with Gasteiger partial charge in [-0.3, -0.25) is 9.78 Å². The van der Waals surface area contributed by atoms with Gasteiger partial charge in [0.15, 0.2) is 0 Å². The zero-order chi connectivity index (χ0) is 17.8. The monoisotopic (exact) mass is 336 g/mol. The predicted molar refractivity (Wildman–Crippen MR) is 95.1 cm³/mol. The third kappa shape index (κ3) is 4.12. The van der Waals surface area contributed by atoms with E-state index in [0.29, 0.717) is 24.6 Å². The van der Waals surface area contributed by atoms with Crippen molar-refractivity contribution in [2.75, 3.05) is 0 Å². The standard InChI is InChI=1S/C20H20N2O3/c1-3-5-13(2)15-7-4-6-14(8-15)12-25-19-11-21-18(10-22-19)16-9-17(16)20(23)24/h3-8,10-11,16-17H,1,9,12H2,2H3,(H,23,24)/b13-5+. The van der Waals surface area contributed by atoms with Gasteiger partial charge >= 0.3 is 5.97 Å². The molecular weight excluding hydrogens is 316 g/mol. The van der Waals surface area contributed by atoms with Crippen molar-refractivity contribution in [3.8, 4) is 5.88 Å². The van der Waals surface area contributed by atoms with Crippen LogP contribution in [0.3, 0.4) is 0 Å². The molecule has 3 rings (SSSR count). The fraction of sp³-hybridized carbons (Fsp3) is 0.250. The summed E-state index contributed by atoms with van der Waals surface area (Å²) in [6.45, 7) is 6.14. The summed E-state index contributed by atoms with van der Waals surface area (Å²) in [5.41, 5.74) is 4.01. The molecule has 1 N–H and O–H groups in total. The number of hydrogen-bond acceptors (Lipinski definition) is 4. The zero-order valence-electron chi connectivity index (χ0n) is 14.1. The summed E-state index contributed by atoms with van der Waals surface area (Å²) in [4.78, 5) is 19.4. The Balaban J connectivity index is 1.61. The number of aliphatic carboxylic acids is 1. The predicted octanol–water partition coefficient (Wildman–Crippen LogP) is 3.83. The van der Waals surface area contributed by atoms with E-state index in [-0.39, 0.29) is 11.8 Å². The molecule has 25 heavy (non-hydrogen) atoms. The molecule has 128 valence electrons. The van der Waals surface area contributed by atoms with E-state index in [0.717, 1.165) is 16.7 Å². The average molecular weight is 336 g/mol. The van der Waals surface area contributed by atoms with Crippen molar-refractivity contribution in [3.63, 3.8) is 0 Å². The van der Waals surface area contributed by atoms with E-state index in [4.69, 9.17) is 9.84 Å². The highest BCUT2D eigenvalue weighted by Gasteiger charge is 2.45. The molecule has 5 nitrogen and oxygen atoms in total. The Labute approximate surface area is 146 Å². The van der Waals surface area contributed by atoms with Crippen LogP contribution in [0.2, 0.25) is 0 Å². The van der Waals surface area contributed by atoms with Crippen molar-refractivity contribution in [2.24, 2.45) is 5.92 Å². The Bertz CT molecular complexity index is 812. The fourth-order valence-corrected chi connectivity index (χ4v) is 2.72. The van der Waals surface area contributed by atoms with Gasteiger partial charge in [-0.1, -0.05) is 36.9 Å². The molecule has 0 spiro atoms. The second-order valence-electron chi connectivity index (χ2n) is 6.14. The van der Waals surface area contributed by atoms with Crippen molar-refractivity contribution in [1.82, 2.24) is 9.97 Å². The molecule has 1 aliphatic carbocycles. The molecule has 2 aromatic rings. The Morgan fingerprint density at radius 1 is 1.40 bits per heavy atom.